The highest BCUT2D eigenvalue weighted by Gasteiger charge is 2.22. The zero-order chi connectivity index (χ0) is 14.0. The van der Waals surface area contributed by atoms with Gasteiger partial charge in [-0.1, -0.05) is 0 Å². The van der Waals surface area contributed by atoms with Gasteiger partial charge in [0.1, 0.15) is 11.6 Å². The molecule has 102 valence electrons. The molecule has 0 saturated carbocycles. The van der Waals surface area contributed by atoms with Crippen LogP contribution in [-0.2, 0) is 0 Å². The minimum Gasteiger partial charge on any atom is -0.507 e. The van der Waals surface area contributed by atoms with Crippen molar-refractivity contribution in [3.8, 4) is 5.75 Å². The monoisotopic (exact) mass is 268 g/mol. The number of phenolic OH excluding ortho intramolecular Hbond substituents is 1. The molecule has 2 N–H and O–H groups in total. The zero-order valence-corrected chi connectivity index (χ0v) is 10.0. The number of phenols is 1. The Hall–Kier alpha value is -2.31. The van der Waals surface area contributed by atoms with E-state index in [1.807, 2.05) is 0 Å². The Balaban J connectivity index is 2.16. The van der Waals surface area contributed by atoms with Gasteiger partial charge in [0.05, 0.1) is 5.56 Å². The Morgan fingerprint density at radius 2 is 1.89 bits per heavy atom. The minimum absolute atomic E-state index is 0.261. The van der Waals surface area contributed by atoms with Crippen LogP contribution in [0.2, 0.25) is 0 Å². The molecule has 0 spiro atoms. The number of carbonyl (C=O) groups excluding carboxylic acids is 1. The molecular formula is C12H13FN2O4. The van der Waals surface area contributed by atoms with E-state index in [0.717, 1.165) is 0 Å². The first-order valence-electron chi connectivity index (χ1n) is 5.73. The first-order chi connectivity index (χ1) is 9.02. The summed E-state index contributed by atoms with van der Waals surface area (Å²) in [6, 6.07) is 2.48. The van der Waals surface area contributed by atoms with Gasteiger partial charge in [-0.3, -0.25) is 4.79 Å². The van der Waals surface area contributed by atoms with Gasteiger partial charge in [-0.2, -0.15) is 0 Å². The number of carbonyl (C=O) groups is 2. The van der Waals surface area contributed by atoms with Crippen LogP contribution in [0.1, 0.15) is 10.4 Å². The summed E-state index contributed by atoms with van der Waals surface area (Å²) in [4.78, 5) is 24.4. The summed E-state index contributed by atoms with van der Waals surface area (Å²) in [7, 11) is 0. The summed E-state index contributed by atoms with van der Waals surface area (Å²) in [5.41, 5.74) is 0.0681. The number of halogens is 1. The lowest BCUT2D eigenvalue weighted by atomic mass is 10.1. The molecule has 7 heteroatoms. The van der Waals surface area contributed by atoms with Crippen molar-refractivity contribution >= 4 is 18.1 Å². The van der Waals surface area contributed by atoms with E-state index in [-0.39, 0.29) is 11.8 Å². The van der Waals surface area contributed by atoms with E-state index in [1.165, 1.54) is 17.0 Å². The average Bonchev–Trinajstić information content (AvgIpc) is 2.38. The molecule has 1 aromatic carbocycles. The van der Waals surface area contributed by atoms with Crippen molar-refractivity contribution in [1.82, 2.24) is 4.90 Å². The van der Waals surface area contributed by atoms with Crippen molar-refractivity contribution in [2.45, 2.75) is 0 Å². The molecule has 1 heterocycles. The quantitative estimate of drug-likeness (QED) is 0.786. The number of hydrogen-bond donors (Lipinski definition) is 2. The van der Waals surface area contributed by atoms with Crippen LogP contribution in [-0.4, -0.2) is 53.7 Å². The standard InChI is InChI=1S/C12H13FN2O4/c13-10-5-8(6-11(17)9(10)7-16)14-1-3-15(4-2-14)12(18)19/h5-7,17H,1-4H2,(H,18,19). The summed E-state index contributed by atoms with van der Waals surface area (Å²) in [6.07, 6.45) is -0.721. The molecule has 6 nitrogen and oxygen atoms in total. The van der Waals surface area contributed by atoms with E-state index in [1.54, 1.807) is 4.90 Å². The molecule has 1 aliphatic rings. The van der Waals surface area contributed by atoms with Gasteiger partial charge in [0.15, 0.2) is 6.29 Å². The maximum atomic E-state index is 13.5. The fourth-order valence-electron chi connectivity index (χ4n) is 2.04. The first-order valence-corrected chi connectivity index (χ1v) is 5.73. The molecule has 0 radical (unpaired) electrons. The number of benzene rings is 1. The zero-order valence-electron chi connectivity index (χ0n) is 10.0. The SMILES string of the molecule is O=Cc1c(O)cc(N2CCN(C(=O)O)CC2)cc1F. The highest BCUT2D eigenvalue weighted by molar-refractivity contribution is 5.81. The highest BCUT2D eigenvalue weighted by atomic mass is 19.1. The molecule has 0 bridgehead atoms. The van der Waals surface area contributed by atoms with Crippen LogP contribution >= 0.6 is 0 Å². The van der Waals surface area contributed by atoms with Gasteiger partial charge in [0.2, 0.25) is 0 Å². The van der Waals surface area contributed by atoms with Gasteiger partial charge in [-0.05, 0) is 6.07 Å². The summed E-state index contributed by atoms with van der Waals surface area (Å²) in [6.45, 7) is 1.44. The number of amides is 1. The maximum Gasteiger partial charge on any atom is 0.407 e. The van der Waals surface area contributed by atoms with E-state index in [2.05, 4.69) is 0 Å². The van der Waals surface area contributed by atoms with Crippen molar-refractivity contribution < 1.29 is 24.2 Å². The fourth-order valence-corrected chi connectivity index (χ4v) is 2.04. The molecule has 0 aliphatic carbocycles. The lowest BCUT2D eigenvalue weighted by Crippen LogP contribution is -2.48. The molecule has 2 rings (SSSR count). The van der Waals surface area contributed by atoms with Crippen molar-refractivity contribution in [2.24, 2.45) is 0 Å². The molecule has 0 atom stereocenters. The highest BCUT2D eigenvalue weighted by Crippen LogP contribution is 2.27. The van der Waals surface area contributed by atoms with Gasteiger partial charge in [-0.25, -0.2) is 9.18 Å². The molecule has 1 amide bonds. The smallest absolute Gasteiger partial charge is 0.407 e. The molecule has 1 aliphatic heterocycles. The Labute approximate surface area is 108 Å². The molecular weight excluding hydrogens is 255 g/mol. The third-order valence-electron chi connectivity index (χ3n) is 3.13. The van der Waals surface area contributed by atoms with E-state index >= 15 is 0 Å². The average molecular weight is 268 g/mol. The molecule has 1 aromatic rings. The fraction of sp³-hybridized carbons (Fsp3) is 0.333. The van der Waals surface area contributed by atoms with Crippen LogP contribution in [0.15, 0.2) is 12.1 Å². The maximum absolute atomic E-state index is 13.5. The van der Waals surface area contributed by atoms with Gasteiger partial charge in [0, 0.05) is 37.9 Å². The number of aromatic hydroxyl groups is 1. The van der Waals surface area contributed by atoms with Crippen LogP contribution in [0.25, 0.3) is 0 Å². The van der Waals surface area contributed by atoms with Crippen molar-refractivity contribution in [1.29, 1.82) is 0 Å². The van der Waals surface area contributed by atoms with Crippen LogP contribution < -0.4 is 4.90 Å². The van der Waals surface area contributed by atoms with Gasteiger partial charge < -0.3 is 20.0 Å². The van der Waals surface area contributed by atoms with E-state index in [0.29, 0.717) is 31.9 Å². The molecule has 1 saturated heterocycles. The molecule has 1 fully saturated rings. The number of aldehydes is 1. The van der Waals surface area contributed by atoms with Gasteiger partial charge in [-0.15, -0.1) is 0 Å². The number of hydrogen-bond acceptors (Lipinski definition) is 4. The predicted octanol–water partition coefficient (Wildman–Crippen LogP) is 1.14. The third-order valence-corrected chi connectivity index (χ3v) is 3.13. The second kappa shape index (κ2) is 5.13. The Bertz CT molecular complexity index is 489. The van der Waals surface area contributed by atoms with E-state index in [4.69, 9.17) is 5.11 Å². The van der Waals surface area contributed by atoms with Gasteiger partial charge >= 0.3 is 6.09 Å². The molecule has 0 unspecified atom stereocenters. The Morgan fingerprint density at radius 1 is 1.26 bits per heavy atom. The Kier molecular flexibility index (Phi) is 3.55. The van der Waals surface area contributed by atoms with Gasteiger partial charge in [0.25, 0.3) is 0 Å². The largest absolute Gasteiger partial charge is 0.507 e. The topological polar surface area (TPSA) is 81.1 Å². The van der Waals surface area contributed by atoms with E-state index in [9.17, 15) is 19.1 Å². The van der Waals surface area contributed by atoms with Crippen LogP contribution in [0.4, 0.5) is 14.9 Å². The van der Waals surface area contributed by atoms with E-state index < -0.39 is 17.7 Å². The van der Waals surface area contributed by atoms with Crippen LogP contribution in [0, 0.1) is 5.82 Å². The number of rotatable bonds is 2. The predicted molar refractivity (Wildman–Crippen MR) is 65.3 cm³/mol. The van der Waals surface area contributed by atoms with Crippen molar-refractivity contribution in [2.75, 3.05) is 31.1 Å². The number of anilines is 1. The summed E-state index contributed by atoms with van der Waals surface area (Å²) in [5, 5.41) is 18.4. The second-order valence-corrected chi connectivity index (χ2v) is 4.23. The summed E-state index contributed by atoms with van der Waals surface area (Å²) < 4.78 is 13.5. The normalized spacial score (nSPS) is 15.4. The number of carboxylic acid groups (broad SMARTS) is 1. The second-order valence-electron chi connectivity index (χ2n) is 4.23. The third kappa shape index (κ3) is 2.59. The Morgan fingerprint density at radius 3 is 2.37 bits per heavy atom. The lowest BCUT2D eigenvalue weighted by molar-refractivity contribution is 0.111. The lowest BCUT2D eigenvalue weighted by Gasteiger charge is -2.34. The minimum atomic E-state index is -0.981. The van der Waals surface area contributed by atoms with Crippen molar-refractivity contribution in [3.05, 3.63) is 23.5 Å². The van der Waals surface area contributed by atoms with Crippen LogP contribution in [0.5, 0.6) is 5.75 Å². The number of nitrogens with zero attached hydrogens (tertiary/aromatic N) is 2. The molecule has 0 aromatic heterocycles. The van der Waals surface area contributed by atoms with Crippen molar-refractivity contribution in [3.63, 3.8) is 0 Å². The van der Waals surface area contributed by atoms with Crippen LogP contribution in [0.3, 0.4) is 0 Å². The molecule has 19 heavy (non-hydrogen) atoms. The summed E-state index contributed by atoms with van der Waals surface area (Å²) >= 11 is 0. The summed E-state index contributed by atoms with van der Waals surface area (Å²) in [5.74, 6) is -1.20. The first kappa shape index (κ1) is 13.1. The number of piperazine rings is 1.